The molecule has 2 N–H and O–H groups in total. The Morgan fingerprint density at radius 3 is 2.82 bits per heavy atom. The van der Waals surface area contributed by atoms with Gasteiger partial charge < -0.3 is 15.4 Å². The third-order valence-electron chi connectivity index (χ3n) is 3.04. The van der Waals surface area contributed by atoms with Crippen LogP contribution in [0.15, 0.2) is 32.5 Å². The summed E-state index contributed by atoms with van der Waals surface area (Å²) in [4.78, 5) is 24.4. The molecule has 114 valence electrons. The zero-order chi connectivity index (χ0) is 15.9. The molecular formula is C14H10Br2N2O3S. The van der Waals surface area contributed by atoms with Crippen LogP contribution in [-0.2, 0) is 4.79 Å². The Bertz CT molecular complexity index is 756. The SMILES string of the molecule is CC1Oc2ccc(NC(=O)c3cc(Br)c(Br)s3)cc2NC1=O. The molecule has 0 radical (unpaired) electrons. The number of hydrogen-bond donors (Lipinski definition) is 2. The summed E-state index contributed by atoms with van der Waals surface area (Å²) in [6, 6.07) is 6.88. The van der Waals surface area contributed by atoms with Crippen LogP contribution in [0, 0.1) is 0 Å². The molecule has 1 unspecified atom stereocenters. The van der Waals surface area contributed by atoms with Gasteiger partial charge in [-0.25, -0.2) is 0 Å². The van der Waals surface area contributed by atoms with Gasteiger partial charge in [0.2, 0.25) is 0 Å². The number of rotatable bonds is 2. The van der Waals surface area contributed by atoms with Crippen LogP contribution in [0.1, 0.15) is 16.6 Å². The van der Waals surface area contributed by atoms with Crippen molar-refractivity contribution in [1.29, 1.82) is 0 Å². The van der Waals surface area contributed by atoms with E-state index in [9.17, 15) is 9.59 Å². The molecule has 0 spiro atoms. The Kier molecular flexibility index (Phi) is 4.24. The second-order valence-electron chi connectivity index (χ2n) is 4.65. The first-order chi connectivity index (χ1) is 10.4. The quantitative estimate of drug-likeness (QED) is 0.726. The summed E-state index contributed by atoms with van der Waals surface area (Å²) < 4.78 is 7.17. The topological polar surface area (TPSA) is 67.4 Å². The van der Waals surface area contributed by atoms with E-state index in [2.05, 4.69) is 42.5 Å². The number of nitrogens with one attached hydrogen (secondary N) is 2. The lowest BCUT2D eigenvalue weighted by atomic mass is 10.2. The maximum absolute atomic E-state index is 12.2. The van der Waals surface area contributed by atoms with E-state index in [4.69, 9.17) is 4.74 Å². The zero-order valence-electron chi connectivity index (χ0n) is 11.3. The fourth-order valence-corrected chi connectivity index (χ4v) is 3.87. The molecule has 8 heteroatoms. The van der Waals surface area contributed by atoms with Gasteiger partial charge in [0.1, 0.15) is 5.75 Å². The molecule has 0 saturated carbocycles. The van der Waals surface area contributed by atoms with Gasteiger partial charge in [0.25, 0.3) is 11.8 Å². The summed E-state index contributed by atoms with van der Waals surface area (Å²) in [5.74, 6) is 0.168. The molecule has 22 heavy (non-hydrogen) atoms. The van der Waals surface area contributed by atoms with Crippen molar-refractivity contribution in [3.63, 3.8) is 0 Å². The van der Waals surface area contributed by atoms with Crippen molar-refractivity contribution in [1.82, 2.24) is 0 Å². The minimum absolute atomic E-state index is 0.206. The average molecular weight is 446 g/mol. The first-order valence-corrected chi connectivity index (χ1v) is 8.72. The van der Waals surface area contributed by atoms with E-state index in [0.29, 0.717) is 22.0 Å². The third-order valence-corrected chi connectivity index (χ3v) is 6.29. The molecule has 1 aliphatic rings. The van der Waals surface area contributed by atoms with E-state index in [0.717, 1.165) is 8.26 Å². The van der Waals surface area contributed by atoms with Gasteiger partial charge in [0.15, 0.2) is 6.10 Å². The lowest BCUT2D eigenvalue weighted by Gasteiger charge is -2.23. The minimum Gasteiger partial charge on any atom is -0.479 e. The van der Waals surface area contributed by atoms with Crippen LogP contribution in [0.2, 0.25) is 0 Å². The number of anilines is 2. The summed E-state index contributed by atoms with van der Waals surface area (Å²) in [5.41, 5.74) is 1.14. The molecule has 0 aliphatic carbocycles. The summed E-state index contributed by atoms with van der Waals surface area (Å²) in [7, 11) is 0. The lowest BCUT2D eigenvalue weighted by Crippen LogP contribution is -2.34. The Hall–Kier alpha value is -1.38. The maximum Gasteiger partial charge on any atom is 0.265 e. The monoisotopic (exact) mass is 444 g/mol. The Morgan fingerprint density at radius 1 is 1.36 bits per heavy atom. The molecular weight excluding hydrogens is 436 g/mol. The number of ether oxygens (including phenoxy) is 1. The normalized spacial score (nSPS) is 16.5. The number of hydrogen-bond acceptors (Lipinski definition) is 4. The predicted octanol–water partition coefficient (Wildman–Crippen LogP) is 4.24. The second kappa shape index (κ2) is 6.02. The number of thiophene rings is 1. The van der Waals surface area contributed by atoms with Crippen molar-refractivity contribution in [2.75, 3.05) is 10.6 Å². The fraction of sp³-hybridized carbons (Fsp3) is 0.143. The van der Waals surface area contributed by atoms with E-state index in [-0.39, 0.29) is 11.8 Å². The van der Waals surface area contributed by atoms with Crippen LogP contribution in [0.25, 0.3) is 0 Å². The molecule has 5 nitrogen and oxygen atoms in total. The molecule has 0 fully saturated rings. The summed E-state index contributed by atoms with van der Waals surface area (Å²) in [5, 5.41) is 5.55. The van der Waals surface area contributed by atoms with Gasteiger partial charge in [0.05, 0.1) is 14.4 Å². The van der Waals surface area contributed by atoms with Gasteiger partial charge in [-0.2, -0.15) is 0 Å². The van der Waals surface area contributed by atoms with E-state index in [1.165, 1.54) is 11.3 Å². The van der Waals surface area contributed by atoms with Crippen molar-refractivity contribution in [2.24, 2.45) is 0 Å². The van der Waals surface area contributed by atoms with Crippen LogP contribution in [0.3, 0.4) is 0 Å². The molecule has 2 amide bonds. The smallest absolute Gasteiger partial charge is 0.265 e. The first kappa shape index (κ1) is 15.5. The predicted molar refractivity (Wildman–Crippen MR) is 92.8 cm³/mol. The Balaban J connectivity index is 1.80. The highest BCUT2D eigenvalue weighted by atomic mass is 79.9. The van der Waals surface area contributed by atoms with E-state index >= 15 is 0 Å². The van der Waals surface area contributed by atoms with Gasteiger partial charge in [-0.15, -0.1) is 11.3 Å². The van der Waals surface area contributed by atoms with Crippen molar-refractivity contribution in [3.05, 3.63) is 37.4 Å². The van der Waals surface area contributed by atoms with Gasteiger partial charge in [-0.3, -0.25) is 9.59 Å². The van der Waals surface area contributed by atoms with Crippen LogP contribution >= 0.6 is 43.2 Å². The average Bonchev–Trinajstić information content (AvgIpc) is 2.80. The standard InChI is InChI=1S/C14H10Br2N2O3S/c1-6-13(19)18-9-4-7(2-3-10(9)21-6)17-14(20)11-5-8(15)12(16)22-11/h2-6H,1H3,(H,17,20)(H,18,19). The van der Waals surface area contributed by atoms with Crippen molar-refractivity contribution >= 4 is 66.4 Å². The molecule has 1 aromatic carbocycles. The number of benzene rings is 1. The van der Waals surface area contributed by atoms with Crippen molar-refractivity contribution < 1.29 is 14.3 Å². The summed E-state index contributed by atoms with van der Waals surface area (Å²) in [6.07, 6.45) is -0.520. The molecule has 0 bridgehead atoms. The summed E-state index contributed by atoms with van der Waals surface area (Å²) >= 11 is 8.04. The number of carbonyl (C=O) groups excluding carboxylic acids is 2. The zero-order valence-corrected chi connectivity index (χ0v) is 15.3. The number of halogens is 2. The molecule has 2 heterocycles. The maximum atomic E-state index is 12.2. The number of carbonyl (C=O) groups is 2. The molecule has 2 aromatic rings. The Labute approximate surface area is 147 Å². The molecule has 1 aliphatic heterocycles. The third kappa shape index (κ3) is 3.04. The highest BCUT2D eigenvalue weighted by Crippen LogP contribution is 2.34. The highest BCUT2D eigenvalue weighted by molar-refractivity contribution is 9.13. The van der Waals surface area contributed by atoms with Gasteiger partial charge >= 0.3 is 0 Å². The van der Waals surface area contributed by atoms with E-state index in [1.807, 2.05) is 0 Å². The van der Waals surface area contributed by atoms with Crippen LogP contribution in [0.5, 0.6) is 5.75 Å². The molecule has 3 rings (SSSR count). The molecule has 1 atom stereocenters. The van der Waals surface area contributed by atoms with Crippen molar-refractivity contribution in [2.45, 2.75) is 13.0 Å². The minimum atomic E-state index is -0.520. The lowest BCUT2D eigenvalue weighted by molar-refractivity contribution is -0.122. The number of fused-ring (bicyclic) bond motifs is 1. The Morgan fingerprint density at radius 2 is 2.14 bits per heavy atom. The first-order valence-electron chi connectivity index (χ1n) is 6.32. The van der Waals surface area contributed by atoms with Gasteiger partial charge in [0, 0.05) is 10.2 Å². The molecule has 1 aromatic heterocycles. The number of amides is 2. The largest absolute Gasteiger partial charge is 0.479 e. The fourth-order valence-electron chi connectivity index (χ4n) is 1.94. The van der Waals surface area contributed by atoms with Gasteiger partial charge in [-0.05, 0) is 63.0 Å². The van der Waals surface area contributed by atoms with Crippen LogP contribution < -0.4 is 15.4 Å². The second-order valence-corrected chi connectivity index (χ2v) is 7.87. The highest BCUT2D eigenvalue weighted by Gasteiger charge is 2.23. The van der Waals surface area contributed by atoms with Crippen LogP contribution in [-0.4, -0.2) is 17.9 Å². The molecule has 0 saturated heterocycles. The van der Waals surface area contributed by atoms with Crippen molar-refractivity contribution in [3.8, 4) is 5.75 Å². The van der Waals surface area contributed by atoms with E-state index < -0.39 is 6.10 Å². The summed E-state index contributed by atoms with van der Waals surface area (Å²) in [6.45, 7) is 1.68. The van der Waals surface area contributed by atoms with Crippen LogP contribution in [0.4, 0.5) is 11.4 Å². The van der Waals surface area contributed by atoms with Gasteiger partial charge in [-0.1, -0.05) is 0 Å². The van der Waals surface area contributed by atoms with E-state index in [1.54, 1.807) is 31.2 Å².